The van der Waals surface area contributed by atoms with E-state index in [4.69, 9.17) is 4.74 Å². The molecule has 4 rings (SSSR count). The van der Waals surface area contributed by atoms with Crippen molar-refractivity contribution in [2.75, 3.05) is 26.7 Å². The molecule has 174 valence electrons. The van der Waals surface area contributed by atoms with Crippen LogP contribution in [0.5, 0.6) is 5.75 Å². The summed E-state index contributed by atoms with van der Waals surface area (Å²) in [5.74, 6) is 0.914. The number of carbonyl (C=O) groups excluding carboxylic acids is 3. The third kappa shape index (κ3) is 5.23. The number of hydrogen-bond donors (Lipinski definition) is 2. The molecule has 1 aromatic carbocycles. The summed E-state index contributed by atoms with van der Waals surface area (Å²) in [5, 5.41) is 5.80. The minimum atomic E-state index is -0.644. The van der Waals surface area contributed by atoms with Gasteiger partial charge in [-0.2, -0.15) is 0 Å². The zero-order valence-corrected chi connectivity index (χ0v) is 18.8. The van der Waals surface area contributed by atoms with Gasteiger partial charge in [0.25, 0.3) is 5.91 Å². The molecule has 3 heterocycles. The van der Waals surface area contributed by atoms with Crippen molar-refractivity contribution in [3.8, 4) is 5.75 Å². The first-order chi connectivity index (χ1) is 15.5. The van der Waals surface area contributed by atoms with Crippen LogP contribution < -0.4 is 15.4 Å². The first-order valence-corrected chi connectivity index (χ1v) is 11.8. The van der Waals surface area contributed by atoms with Crippen LogP contribution in [-0.4, -0.2) is 66.5 Å². The largest absolute Gasteiger partial charge is 0.497 e. The highest BCUT2D eigenvalue weighted by Crippen LogP contribution is 2.30. The standard InChI is InChI=1S/C24H34N4O4/c1-32-19-9-7-17(8-10-19)16-28-23(30)20(26-24(28)31)11-12-22(29)25-15-18-5-4-14-27-13-3-2-6-21(18)27/h7-10,18,20-21H,2-6,11-16H2,1H3,(H,25,29)(H,26,31)/t18-,20+,21+/m0/s1. The summed E-state index contributed by atoms with van der Waals surface area (Å²) in [6, 6.07) is 6.81. The van der Waals surface area contributed by atoms with Crippen LogP contribution >= 0.6 is 0 Å². The van der Waals surface area contributed by atoms with Gasteiger partial charge in [0.1, 0.15) is 11.8 Å². The molecule has 2 N–H and O–H groups in total. The zero-order chi connectivity index (χ0) is 22.5. The summed E-state index contributed by atoms with van der Waals surface area (Å²) in [5.41, 5.74) is 0.844. The maximum atomic E-state index is 12.7. The topological polar surface area (TPSA) is 91.0 Å². The summed E-state index contributed by atoms with van der Waals surface area (Å²) in [6.07, 6.45) is 6.70. The predicted molar refractivity (Wildman–Crippen MR) is 120 cm³/mol. The first-order valence-electron chi connectivity index (χ1n) is 11.8. The second-order valence-corrected chi connectivity index (χ2v) is 9.12. The number of piperidine rings is 2. The molecule has 8 heteroatoms. The van der Waals surface area contributed by atoms with Gasteiger partial charge < -0.3 is 20.3 Å². The second kappa shape index (κ2) is 10.3. The van der Waals surface area contributed by atoms with Crippen molar-refractivity contribution in [3.63, 3.8) is 0 Å². The molecular formula is C24H34N4O4. The van der Waals surface area contributed by atoms with Gasteiger partial charge in [-0.1, -0.05) is 18.6 Å². The summed E-state index contributed by atoms with van der Waals surface area (Å²) < 4.78 is 5.14. The van der Waals surface area contributed by atoms with E-state index >= 15 is 0 Å². The minimum Gasteiger partial charge on any atom is -0.497 e. The Bertz CT molecular complexity index is 826. The monoisotopic (exact) mass is 442 g/mol. The second-order valence-electron chi connectivity index (χ2n) is 9.12. The third-order valence-corrected chi connectivity index (χ3v) is 7.06. The molecule has 0 unspecified atom stereocenters. The van der Waals surface area contributed by atoms with Crippen molar-refractivity contribution in [1.29, 1.82) is 0 Å². The molecule has 3 saturated heterocycles. The lowest BCUT2D eigenvalue weighted by molar-refractivity contribution is -0.128. The Morgan fingerprint density at radius 3 is 2.69 bits per heavy atom. The Morgan fingerprint density at radius 1 is 1.12 bits per heavy atom. The lowest BCUT2D eigenvalue weighted by Crippen LogP contribution is -2.51. The smallest absolute Gasteiger partial charge is 0.325 e. The number of rotatable bonds is 8. The Labute approximate surface area is 189 Å². The Morgan fingerprint density at radius 2 is 1.91 bits per heavy atom. The fourth-order valence-corrected chi connectivity index (χ4v) is 5.26. The summed E-state index contributed by atoms with van der Waals surface area (Å²) in [7, 11) is 1.59. The molecule has 3 aliphatic heterocycles. The van der Waals surface area contributed by atoms with E-state index in [-0.39, 0.29) is 24.8 Å². The molecule has 0 aliphatic carbocycles. The summed E-state index contributed by atoms with van der Waals surface area (Å²) in [4.78, 5) is 41.2. The van der Waals surface area contributed by atoms with E-state index in [0.717, 1.165) is 11.3 Å². The number of imide groups is 1. The van der Waals surface area contributed by atoms with E-state index in [0.29, 0.717) is 24.9 Å². The van der Waals surface area contributed by atoms with E-state index in [1.54, 1.807) is 19.2 Å². The molecule has 0 radical (unpaired) electrons. The summed E-state index contributed by atoms with van der Waals surface area (Å²) in [6.45, 7) is 3.28. The number of nitrogens with one attached hydrogen (secondary N) is 2. The normalized spacial score (nSPS) is 25.9. The number of ether oxygens (including phenoxy) is 1. The van der Waals surface area contributed by atoms with Crippen molar-refractivity contribution in [1.82, 2.24) is 20.4 Å². The average molecular weight is 443 g/mol. The van der Waals surface area contributed by atoms with Crippen LogP contribution in [-0.2, 0) is 16.1 Å². The van der Waals surface area contributed by atoms with Gasteiger partial charge in [-0.15, -0.1) is 0 Å². The lowest BCUT2D eigenvalue weighted by atomic mass is 9.83. The van der Waals surface area contributed by atoms with Crippen LogP contribution in [0.1, 0.15) is 50.5 Å². The number of fused-ring (bicyclic) bond motifs is 1. The van der Waals surface area contributed by atoms with E-state index < -0.39 is 12.1 Å². The van der Waals surface area contributed by atoms with Crippen LogP contribution in [0, 0.1) is 5.92 Å². The quantitative estimate of drug-likeness (QED) is 0.603. The van der Waals surface area contributed by atoms with Crippen molar-refractivity contribution in [2.24, 2.45) is 5.92 Å². The maximum absolute atomic E-state index is 12.7. The number of hydrogen-bond acceptors (Lipinski definition) is 5. The SMILES string of the molecule is COc1ccc(CN2C(=O)N[C@H](CCC(=O)NC[C@@H]3CCCN4CCCC[C@H]34)C2=O)cc1. The number of carbonyl (C=O) groups is 3. The molecule has 32 heavy (non-hydrogen) atoms. The van der Waals surface area contributed by atoms with Crippen LogP contribution in [0.2, 0.25) is 0 Å². The van der Waals surface area contributed by atoms with Crippen LogP contribution in [0.4, 0.5) is 4.79 Å². The van der Waals surface area contributed by atoms with Gasteiger partial charge in [0.2, 0.25) is 5.91 Å². The highest BCUT2D eigenvalue weighted by Gasteiger charge is 2.38. The first kappa shape index (κ1) is 22.6. The molecule has 0 aromatic heterocycles. The van der Waals surface area contributed by atoms with E-state index in [2.05, 4.69) is 15.5 Å². The summed E-state index contributed by atoms with van der Waals surface area (Å²) >= 11 is 0. The van der Waals surface area contributed by atoms with Gasteiger partial charge in [-0.3, -0.25) is 14.5 Å². The van der Waals surface area contributed by atoms with E-state index in [1.165, 1.54) is 50.1 Å². The zero-order valence-electron chi connectivity index (χ0n) is 18.8. The molecule has 0 spiro atoms. The maximum Gasteiger partial charge on any atom is 0.325 e. The third-order valence-electron chi connectivity index (χ3n) is 7.06. The Balaban J connectivity index is 1.22. The van der Waals surface area contributed by atoms with Gasteiger partial charge in [0.15, 0.2) is 0 Å². The predicted octanol–water partition coefficient (Wildman–Crippen LogP) is 2.28. The fourth-order valence-electron chi connectivity index (χ4n) is 5.26. The van der Waals surface area contributed by atoms with Crippen LogP contribution in [0.25, 0.3) is 0 Å². The van der Waals surface area contributed by atoms with Gasteiger partial charge in [-0.25, -0.2) is 4.79 Å². The molecule has 0 saturated carbocycles. The molecule has 0 bridgehead atoms. The van der Waals surface area contributed by atoms with Crippen LogP contribution in [0.3, 0.4) is 0 Å². The average Bonchev–Trinajstić information content (AvgIpc) is 3.09. The molecular weight excluding hydrogens is 408 g/mol. The highest BCUT2D eigenvalue weighted by atomic mass is 16.5. The molecule has 1 aromatic rings. The van der Waals surface area contributed by atoms with Gasteiger partial charge in [0, 0.05) is 19.0 Å². The number of urea groups is 1. The van der Waals surface area contributed by atoms with Crippen molar-refractivity contribution >= 4 is 17.8 Å². The molecule has 3 atom stereocenters. The molecule has 3 fully saturated rings. The van der Waals surface area contributed by atoms with Crippen molar-refractivity contribution in [2.45, 2.75) is 63.6 Å². The van der Waals surface area contributed by atoms with Gasteiger partial charge in [0.05, 0.1) is 13.7 Å². The van der Waals surface area contributed by atoms with Crippen molar-refractivity contribution < 1.29 is 19.1 Å². The van der Waals surface area contributed by atoms with Crippen molar-refractivity contribution in [3.05, 3.63) is 29.8 Å². The lowest BCUT2D eigenvalue weighted by Gasteiger charge is -2.44. The minimum absolute atomic E-state index is 0.0476. The molecule has 4 amide bonds. The Hall–Kier alpha value is -2.61. The van der Waals surface area contributed by atoms with E-state index in [1.807, 2.05) is 12.1 Å². The highest BCUT2D eigenvalue weighted by molar-refractivity contribution is 6.04. The molecule has 3 aliphatic rings. The number of amides is 4. The van der Waals surface area contributed by atoms with E-state index in [9.17, 15) is 14.4 Å². The van der Waals surface area contributed by atoms with Crippen LogP contribution in [0.15, 0.2) is 24.3 Å². The molecule has 8 nitrogen and oxygen atoms in total. The fraction of sp³-hybridized carbons (Fsp3) is 0.625. The number of methoxy groups -OCH3 is 1. The van der Waals surface area contributed by atoms with Gasteiger partial charge in [-0.05, 0) is 68.8 Å². The Kier molecular flexibility index (Phi) is 7.29. The number of benzene rings is 1. The number of nitrogens with zero attached hydrogens (tertiary/aromatic N) is 2. The van der Waals surface area contributed by atoms with Gasteiger partial charge >= 0.3 is 6.03 Å².